The first-order valence-corrected chi connectivity index (χ1v) is 9.77. The molecule has 0 radical (unpaired) electrons. The third kappa shape index (κ3) is 3.46. The molecule has 2 fully saturated rings. The molecule has 0 aromatic heterocycles. The number of hydrogen-bond donors (Lipinski definition) is 0. The number of nitrogens with zero attached hydrogens (tertiary/aromatic N) is 1. The molecule has 25 heavy (non-hydrogen) atoms. The van der Waals surface area contributed by atoms with E-state index < -0.39 is 0 Å². The van der Waals surface area contributed by atoms with Crippen LogP contribution >= 0.6 is 0 Å². The smallest absolute Gasteiger partial charge is 0.123 e. The van der Waals surface area contributed by atoms with Crippen LogP contribution < -0.4 is 4.74 Å². The second-order valence-corrected chi connectivity index (χ2v) is 7.68. The Hall–Kier alpha value is -1.80. The number of benzene rings is 2. The summed E-state index contributed by atoms with van der Waals surface area (Å²) in [5, 5.41) is 0. The molecule has 4 rings (SSSR count). The number of ether oxygens (including phenoxy) is 1. The maximum absolute atomic E-state index is 5.84. The lowest BCUT2D eigenvalue weighted by molar-refractivity contribution is 0.117. The molecule has 2 aliphatic heterocycles. The fourth-order valence-electron chi connectivity index (χ4n) is 4.77. The highest BCUT2D eigenvalue weighted by molar-refractivity contribution is 5.34. The van der Waals surface area contributed by atoms with E-state index in [4.69, 9.17) is 4.74 Å². The zero-order valence-corrected chi connectivity index (χ0v) is 15.4. The Kier molecular flexibility index (Phi) is 4.80. The number of para-hydroxylation sites is 1. The van der Waals surface area contributed by atoms with Gasteiger partial charge in [-0.1, -0.05) is 48.0 Å². The van der Waals surface area contributed by atoms with Gasteiger partial charge < -0.3 is 4.74 Å². The summed E-state index contributed by atoms with van der Waals surface area (Å²) in [6.45, 7) is 6.00. The van der Waals surface area contributed by atoms with Gasteiger partial charge in [-0.05, 0) is 57.1 Å². The van der Waals surface area contributed by atoms with Crippen molar-refractivity contribution in [2.24, 2.45) is 0 Å². The van der Waals surface area contributed by atoms with E-state index in [-0.39, 0.29) is 0 Å². The van der Waals surface area contributed by atoms with Gasteiger partial charge >= 0.3 is 0 Å². The van der Waals surface area contributed by atoms with Gasteiger partial charge in [0.25, 0.3) is 0 Å². The first-order valence-electron chi connectivity index (χ1n) is 9.77. The van der Waals surface area contributed by atoms with Gasteiger partial charge in [-0.15, -0.1) is 0 Å². The van der Waals surface area contributed by atoms with E-state index >= 15 is 0 Å². The number of aryl methyl sites for hydroxylation is 1. The Labute approximate surface area is 151 Å². The predicted molar refractivity (Wildman–Crippen MR) is 103 cm³/mol. The van der Waals surface area contributed by atoms with E-state index in [0.717, 1.165) is 36.9 Å². The van der Waals surface area contributed by atoms with Gasteiger partial charge in [0.1, 0.15) is 5.75 Å². The SMILES string of the molecule is CCOc1ccccc1CN1[C@@H]2CC[C@@H]1CC(c1ccc(C)cc1)C2. The van der Waals surface area contributed by atoms with Gasteiger partial charge in [-0.25, -0.2) is 0 Å². The van der Waals surface area contributed by atoms with E-state index in [1.165, 1.54) is 42.4 Å². The molecule has 2 heterocycles. The third-order valence-corrected chi connectivity index (χ3v) is 6.06. The predicted octanol–water partition coefficient (Wildman–Crippen LogP) is 5.30. The first-order chi connectivity index (χ1) is 12.2. The normalized spacial score (nSPS) is 25.9. The van der Waals surface area contributed by atoms with Gasteiger partial charge in [0.15, 0.2) is 0 Å². The summed E-state index contributed by atoms with van der Waals surface area (Å²) in [7, 11) is 0. The second-order valence-electron chi connectivity index (χ2n) is 7.68. The molecular weight excluding hydrogens is 306 g/mol. The van der Waals surface area contributed by atoms with Crippen LogP contribution in [0.25, 0.3) is 0 Å². The van der Waals surface area contributed by atoms with Crippen LogP contribution in [0, 0.1) is 6.92 Å². The summed E-state index contributed by atoms with van der Waals surface area (Å²) in [5.41, 5.74) is 4.24. The molecule has 2 saturated heterocycles. The van der Waals surface area contributed by atoms with Crippen molar-refractivity contribution in [1.29, 1.82) is 0 Å². The number of piperidine rings is 1. The minimum absolute atomic E-state index is 0.722. The molecular formula is C23H29NO. The maximum Gasteiger partial charge on any atom is 0.123 e. The molecule has 2 aliphatic rings. The van der Waals surface area contributed by atoms with Crippen molar-refractivity contribution in [3.05, 3.63) is 65.2 Å². The third-order valence-electron chi connectivity index (χ3n) is 6.06. The summed E-state index contributed by atoms with van der Waals surface area (Å²) in [6.07, 6.45) is 5.31. The summed E-state index contributed by atoms with van der Waals surface area (Å²) in [5.74, 6) is 1.79. The van der Waals surface area contributed by atoms with Gasteiger partial charge in [-0.3, -0.25) is 4.90 Å². The molecule has 2 aromatic carbocycles. The highest BCUT2D eigenvalue weighted by atomic mass is 16.5. The van der Waals surface area contributed by atoms with Crippen molar-refractivity contribution in [2.75, 3.05) is 6.61 Å². The summed E-state index contributed by atoms with van der Waals surface area (Å²) in [4.78, 5) is 2.75. The maximum atomic E-state index is 5.84. The standard InChI is InChI=1S/C23H29NO/c1-3-25-23-7-5-4-6-19(23)16-24-21-12-13-22(24)15-20(14-21)18-10-8-17(2)9-11-18/h4-11,20-22H,3,12-16H2,1-2H3/t21-,22-/m1/s1. The fourth-order valence-corrected chi connectivity index (χ4v) is 4.77. The Balaban J connectivity index is 1.48. The van der Waals surface area contributed by atoms with Crippen LogP contribution in [0.2, 0.25) is 0 Å². The monoisotopic (exact) mass is 335 g/mol. The molecule has 2 heteroatoms. The van der Waals surface area contributed by atoms with E-state index in [0.29, 0.717) is 0 Å². The minimum atomic E-state index is 0.722. The average Bonchev–Trinajstić information content (AvgIpc) is 2.86. The molecule has 0 N–H and O–H groups in total. The lowest BCUT2D eigenvalue weighted by Crippen LogP contribution is -2.41. The van der Waals surface area contributed by atoms with Crippen molar-refractivity contribution in [1.82, 2.24) is 4.90 Å². The Morgan fingerprint density at radius 2 is 1.64 bits per heavy atom. The quantitative estimate of drug-likeness (QED) is 0.735. The van der Waals surface area contributed by atoms with E-state index in [2.05, 4.69) is 67.3 Å². The van der Waals surface area contributed by atoms with E-state index in [1.54, 1.807) is 0 Å². The van der Waals surface area contributed by atoms with Gasteiger partial charge in [-0.2, -0.15) is 0 Å². The lowest BCUT2D eigenvalue weighted by Gasteiger charge is -2.39. The van der Waals surface area contributed by atoms with Crippen LogP contribution in [0.1, 0.15) is 55.2 Å². The van der Waals surface area contributed by atoms with Crippen LogP contribution in [-0.2, 0) is 6.54 Å². The number of rotatable bonds is 5. The largest absolute Gasteiger partial charge is 0.494 e. The molecule has 0 unspecified atom stereocenters. The minimum Gasteiger partial charge on any atom is -0.494 e. The van der Waals surface area contributed by atoms with Crippen molar-refractivity contribution < 1.29 is 4.74 Å². The molecule has 2 bridgehead atoms. The number of hydrogen-bond acceptors (Lipinski definition) is 2. The highest BCUT2D eigenvalue weighted by Gasteiger charge is 2.41. The molecule has 0 aliphatic carbocycles. The molecule has 0 spiro atoms. The van der Waals surface area contributed by atoms with E-state index in [9.17, 15) is 0 Å². The molecule has 0 saturated carbocycles. The molecule has 0 amide bonds. The second kappa shape index (κ2) is 7.21. The average molecular weight is 335 g/mol. The Morgan fingerprint density at radius 3 is 2.32 bits per heavy atom. The van der Waals surface area contributed by atoms with Crippen molar-refractivity contribution in [3.8, 4) is 5.75 Å². The lowest BCUT2D eigenvalue weighted by atomic mass is 9.84. The van der Waals surface area contributed by atoms with Crippen LogP contribution in [0.4, 0.5) is 0 Å². The van der Waals surface area contributed by atoms with Crippen molar-refractivity contribution >= 4 is 0 Å². The van der Waals surface area contributed by atoms with Crippen LogP contribution in [0.3, 0.4) is 0 Å². The summed E-state index contributed by atoms with van der Waals surface area (Å²) >= 11 is 0. The summed E-state index contributed by atoms with van der Waals surface area (Å²) in [6, 6.07) is 19.2. The van der Waals surface area contributed by atoms with Crippen LogP contribution in [-0.4, -0.2) is 23.6 Å². The molecule has 2 atom stereocenters. The fraction of sp³-hybridized carbons (Fsp3) is 0.478. The summed E-state index contributed by atoms with van der Waals surface area (Å²) < 4.78 is 5.84. The molecule has 2 nitrogen and oxygen atoms in total. The van der Waals surface area contributed by atoms with Crippen molar-refractivity contribution in [2.45, 2.75) is 64.1 Å². The van der Waals surface area contributed by atoms with Crippen molar-refractivity contribution in [3.63, 3.8) is 0 Å². The first kappa shape index (κ1) is 16.7. The topological polar surface area (TPSA) is 12.5 Å². The van der Waals surface area contributed by atoms with Crippen LogP contribution in [0.15, 0.2) is 48.5 Å². The zero-order chi connectivity index (χ0) is 17.2. The molecule has 132 valence electrons. The Morgan fingerprint density at radius 1 is 0.960 bits per heavy atom. The van der Waals surface area contributed by atoms with Gasteiger partial charge in [0.05, 0.1) is 6.61 Å². The molecule has 2 aromatic rings. The highest BCUT2D eigenvalue weighted by Crippen LogP contribution is 2.44. The van der Waals surface area contributed by atoms with E-state index in [1.807, 2.05) is 0 Å². The van der Waals surface area contributed by atoms with Gasteiger partial charge in [0, 0.05) is 24.2 Å². The zero-order valence-electron chi connectivity index (χ0n) is 15.4. The van der Waals surface area contributed by atoms with Crippen LogP contribution in [0.5, 0.6) is 5.75 Å². The van der Waals surface area contributed by atoms with Gasteiger partial charge in [0.2, 0.25) is 0 Å². The Bertz CT molecular complexity index is 694. The number of fused-ring (bicyclic) bond motifs is 2.